The highest BCUT2D eigenvalue weighted by atomic mass is 32.2. The second kappa shape index (κ2) is 11.3. The first-order chi connectivity index (χ1) is 21.5. The number of esters is 1. The van der Waals surface area contributed by atoms with Crippen molar-refractivity contribution in [2.45, 2.75) is 81.2 Å². The van der Waals surface area contributed by atoms with Crippen molar-refractivity contribution in [3.05, 3.63) is 83.4 Å². The number of fused-ring (bicyclic) bond motifs is 5. The van der Waals surface area contributed by atoms with Crippen LogP contribution in [0.2, 0.25) is 0 Å². The molecule has 1 heterocycles. The molecule has 0 bridgehead atoms. The van der Waals surface area contributed by atoms with E-state index in [0.29, 0.717) is 42.0 Å². The third-order valence-electron chi connectivity index (χ3n) is 11.3. The van der Waals surface area contributed by atoms with E-state index in [0.717, 1.165) is 56.1 Å². The van der Waals surface area contributed by atoms with E-state index in [1.54, 1.807) is 29.2 Å². The molecule has 0 aromatic heterocycles. The molecule has 3 aliphatic carbocycles. The van der Waals surface area contributed by atoms with E-state index in [1.807, 2.05) is 24.3 Å². The van der Waals surface area contributed by atoms with Gasteiger partial charge in [0, 0.05) is 17.5 Å². The van der Waals surface area contributed by atoms with Crippen LogP contribution in [-0.4, -0.2) is 49.0 Å². The normalized spacial score (nSPS) is 29.0. The highest BCUT2D eigenvalue weighted by Crippen LogP contribution is 2.61. The van der Waals surface area contributed by atoms with Gasteiger partial charge >= 0.3 is 5.97 Å². The quantitative estimate of drug-likeness (QED) is 0.345. The fourth-order valence-electron chi connectivity index (χ4n) is 9.00. The minimum absolute atomic E-state index is 0.0430. The van der Waals surface area contributed by atoms with Gasteiger partial charge in [-0.2, -0.15) is 0 Å². The molecule has 1 amide bonds. The number of phenols is 1. The maximum Gasteiger partial charge on any atom is 0.329 e. The molecule has 3 N–H and O–H groups in total. The topological polar surface area (TPSA) is 127 Å². The molecule has 236 valence electrons. The summed E-state index contributed by atoms with van der Waals surface area (Å²) in [4.78, 5) is 29.0. The number of sulfonamides is 1. The third-order valence-corrected chi connectivity index (χ3v) is 12.2. The molecule has 4 aliphatic rings. The summed E-state index contributed by atoms with van der Waals surface area (Å²) < 4.78 is 29.5. The Balaban J connectivity index is 1.02. The zero-order valence-electron chi connectivity index (χ0n) is 25.5. The van der Waals surface area contributed by atoms with Crippen LogP contribution in [0.3, 0.4) is 0 Å². The van der Waals surface area contributed by atoms with E-state index in [2.05, 4.69) is 13.0 Å². The molecule has 1 saturated heterocycles. The van der Waals surface area contributed by atoms with Gasteiger partial charge in [-0.1, -0.05) is 37.3 Å². The predicted octanol–water partition coefficient (Wildman–Crippen LogP) is 5.78. The number of hydrogen-bond acceptors (Lipinski definition) is 6. The first-order valence-corrected chi connectivity index (χ1v) is 17.6. The van der Waals surface area contributed by atoms with Gasteiger partial charge in [-0.05, 0) is 128 Å². The number of aryl methyl sites for hydroxylation is 1. The highest BCUT2D eigenvalue weighted by molar-refractivity contribution is 7.89. The number of likely N-dealkylation sites (tertiary alicyclic amines) is 1. The summed E-state index contributed by atoms with van der Waals surface area (Å²) in [6.45, 7) is 2.82. The van der Waals surface area contributed by atoms with E-state index in [9.17, 15) is 23.1 Å². The molecular formula is C36H40N2O6S. The average Bonchev–Trinajstić information content (AvgIpc) is 3.65. The molecule has 6 atom stereocenters. The van der Waals surface area contributed by atoms with E-state index < -0.39 is 16.1 Å². The number of carbonyl (C=O) groups excluding carboxylic acids is 2. The second-order valence-electron chi connectivity index (χ2n) is 13.6. The maximum atomic E-state index is 13.7. The number of aromatic hydroxyl groups is 1. The molecule has 7 rings (SSSR count). The molecule has 45 heavy (non-hydrogen) atoms. The van der Waals surface area contributed by atoms with Crippen molar-refractivity contribution in [2.75, 3.05) is 6.54 Å². The lowest BCUT2D eigenvalue weighted by Gasteiger charge is -2.50. The van der Waals surface area contributed by atoms with Crippen LogP contribution in [0.25, 0.3) is 11.1 Å². The lowest BCUT2D eigenvalue weighted by atomic mass is 9.55. The van der Waals surface area contributed by atoms with Gasteiger partial charge < -0.3 is 14.7 Å². The fourth-order valence-corrected chi connectivity index (χ4v) is 9.51. The van der Waals surface area contributed by atoms with Gasteiger partial charge in [-0.15, -0.1) is 0 Å². The van der Waals surface area contributed by atoms with Gasteiger partial charge in [-0.25, -0.2) is 18.4 Å². The number of carbonyl (C=O) groups is 2. The molecule has 8 nitrogen and oxygen atoms in total. The third kappa shape index (κ3) is 5.33. The van der Waals surface area contributed by atoms with Gasteiger partial charge in [-0.3, -0.25) is 4.79 Å². The second-order valence-corrected chi connectivity index (χ2v) is 15.2. The molecule has 3 aromatic carbocycles. The molecular weight excluding hydrogens is 588 g/mol. The molecule has 0 spiro atoms. The van der Waals surface area contributed by atoms with Crippen molar-refractivity contribution >= 4 is 21.9 Å². The lowest BCUT2D eigenvalue weighted by Crippen LogP contribution is -2.47. The molecule has 1 aliphatic heterocycles. The minimum atomic E-state index is -3.77. The van der Waals surface area contributed by atoms with Gasteiger partial charge in [0.1, 0.15) is 17.9 Å². The zero-order valence-corrected chi connectivity index (χ0v) is 26.3. The molecule has 3 fully saturated rings. The summed E-state index contributed by atoms with van der Waals surface area (Å²) >= 11 is 0. The maximum absolute atomic E-state index is 13.7. The van der Waals surface area contributed by atoms with Crippen molar-refractivity contribution in [3.8, 4) is 16.9 Å². The molecule has 0 unspecified atom stereocenters. The summed E-state index contributed by atoms with van der Waals surface area (Å²) in [5.74, 6) is 1.42. The number of hydrogen-bond donors (Lipinski definition) is 2. The predicted molar refractivity (Wildman–Crippen MR) is 170 cm³/mol. The number of phenolic OH excluding ortho intramolecular Hbond substituents is 1. The van der Waals surface area contributed by atoms with Gasteiger partial charge in [0.05, 0.1) is 4.90 Å². The summed E-state index contributed by atoms with van der Waals surface area (Å²) in [5, 5.41) is 15.2. The Morgan fingerprint density at radius 2 is 1.64 bits per heavy atom. The number of benzene rings is 3. The average molecular weight is 629 g/mol. The Labute approximate surface area is 264 Å². The smallest absolute Gasteiger partial charge is 0.329 e. The van der Waals surface area contributed by atoms with Crippen LogP contribution >= 0.6 is 0 Å². The Morgan fingerprint density at radius 3 is 2.36 bits per heavy atom. The summed E-state index contributed by atoms with van der Waals surface area (Å²) in [7, 11) is -3.77. The van der Waals surface area contributed by atoms with E-state index in [4.69, 9.17) is 9.88 Å². The van der Waals surface area contributed by atoms with Crippen LogP contribution in [0.5, 0.6) is 5.75 Å². The number of amides is 1. The SMILES string of the molecule is C[C@]12CC[C@@H]3c4ccc(O)cc4CC[C@H]3[C@@H]1CC[C@@H]2OC(=O)[C@@H]1CCCN1C(=O)c1ccc(-c2ccc(S(N)(=O)=O)cc2)cc1. The number of ether oxygens (including phenoxy) is 1. The van der Waals surface area contributed by atoms with Gasteiger partial charge in [0.2, 0.25) is 10.0 Å². The Morgan fingerprint density at radius 1 is 0.933 bits per heavy atom. The number of primary sulfonamides is 1. The highest BCUT2D eigenvalue weighted by Gasteiger charge is 2.56. The van der Waals surface area contributed by atoms with Crippen LogP contribution in [0.1, 0.15) is 79.3 Å². The first kappa shape index (κ1) is 30.0. The van der Waals surface area contributed by atoms with E-state index in [1.165, 1.54) is 23.3 Å². The van der Waals surface area contributed by atoms with Crippen molar-refractivity contribution in [3.63, 3.8) is 0 Å². The van der Waals surface area contributed by atoms with Crippen LogP contribution in [0.4, 0.5) is 0 Å². The van der Waals surface area contributed by atoms with E-state index in [-0.39, 0.29) is 28.3 Å². The number of rotatable bonds is 5. The number of nitrogens with two attached hydrogens (primary N) is 1. The van der Waals surface area contributed by atoms with Crippen molar-refractivity contribution in [1.82, 2.24) is 4.90 Å². The van der Waals surface area contributed by atoms with Crippen LogP contribution in [0.15, 0.2) is 71.6 Å². The lowest BCUT2D eigenvalue weighted by molar-refractivity contribution is -0.162. The van der Waals surface area contributed by atoms with Crippen molar-refractivity contribution < 1.29 is 27.9 Å². The summed E-state index contributed by atoms with van der Waals surface area (Å²) in [6, 6.07) is 18.7. The molecule has 3 aromatic rings. The molecule has 2 saturated carbocycles. The first-order valence-electron chi connectivity index (χ1n) is 16.1. The zero-order chi connectivity index (χ0) is 31.5. The summed E-state index contributed by atoms with van der Waals surface area (Å²) in [5.41, 5.74) is 4.74. The number of nitrogens with zero attached hydrogens (tertiary/aromatic N) is 1. The Kier molecular flexibility index (Phi) is 7.52. The van der Waals surface area contributed by atoms with Crippen molar-refractivity contribution in [1.29, 1.82) is 0 Å². The molecule has 0 radical (unpaired) electrons. The van der Waals surface area contributed by atoms with Crippen molar-refractivity contribution in [2.24, 2.45) is 22.4 Å². The van der Waals surface area contributed by atoms with Gasteiger partial charge in [0.15, 0.2) is 0 Å². The summed E-state index contributed by atoms with van der Waals surface area (Å²) in [6.07, 6.45) is 7.26. The Hall–Kier alpha value is -3.69. The van der Waals surface area contributed by atoms with Crippen LogP contribution in [-0.2, 0) is 26.0 Å². The fraction of sp³-hybridized carbons (Fsp3) is 0.444. The monoisotopic (exact) mass is 628 g/mol. The van der Waals surface area contributed by atoms with Crippen LogP contribution < -0.4 is 5.14 Å². The Bertz CT molecular complexity index is 1740. The molecule has 9 heteroatoms. The van der Waals surface area contributed by atoms with Crippen LogP contribution in [0, 0.1) is 17.3 Å². The minimum Gasteiger partial charge on any atom is -0.508 e. The standard InChI is InChI=1S/C36H40N2O6S/c1-36-19-18-29-28-15-11-26(39)21-25(28)10-14-30(29)31(36)16-17-33(36)44-35(41)32-3-2-20-38(32)34(40)24-6-4-22(5-7-24)23-8-12-27(13-9-23)45(37,42)43/h4-9,11-13,15,21,29-33,39H,2-3,10,14,16-20H2,1H3,(H2,37,42,43)/t29-,30-,31+,32+,33+,36+/m1/s1. The van der Waals surface area contributed by atoms with E-state index >= 15 is 0 Å². The van der Waals surface area contributed by atoms with Gasteiger partial charge in [0.25, 0.3) is 5.91 Å². The largest absolute Gasteiger partial charge is 0.508 e.